The van der Waals surface area contributed by atoms with Crippen molar-refractivity contribution < 1.29 is 14.3 Å². The molecule has 3 aliphatic rings. The highest BCUT2D eigenvalue weighted by atomic mass is 16.5. The van der Waals surface area contributed by atoms with E-state index in [2.05, 4.69) is 17.1 Å². The SMILES string of the molecule is COC[C@@H]1COCCC12CCN(C(=O)C1CC=CC1)CC2. The summed E-state index contributed by atoms with van der Waals surface area (Å²) in [5, 5.41) is 0. The van der Waals surface area contributed by atoms with E-state index in [4.69, 9.17) is 9.47 Å². The van der Waals surface area contributed by atoms with Gasteiger partial charge in [0.2, 0.25) is 5.91 Å². The second-order valence-electron chi connectivity index (χ2n) is 6.80. The smallest absolute Gasteiger partial charge is 0.226 e. The molecule has 2 aliphatic heterocycles. The monoisotopic (exact) mass is 293 g/mol. The van der Waals surface area contributed by atoms with E-state index < -0.39 is 0 Å². The third-order valence-electron chi connectivity index (χ3n) is 5.73. The van der Waals surface area contributed by atoms with Crippen molar-refractivity contribution in [2.24, 2.45) is 17.3 Å². The number of piperidine rings is 1. The maximum Gasteiger partial charge on any atom is 0.226 e. The number of hydrogen-bond acceptors (Lipinski definition) is 3. The summed E-state index contributed by atoms with van der Waals surface area (Å²) in [6.07, 6.45) is 9.48. The van der Waals surface area contributed by atoms with Crippen LogP contribution in [0.25, 0.3) is 0 Å². The van der Waals surface area contributed by atoms with Crippen LogP contribution in [0, 0.1) is 17.3 Å². The normalized spacial score (nSPS) is 29.2. The van der Waals surface area contributed by atoms with Crippen molar-refractivity contribution >= 4 is 5.91 Å². The lowest BCUT2D eigenvalue weighted by Crippen LogP contribution is -2.51. The van der Waals surface area contributed by atoms with Crippen molar-refractivity contribution in [3.05, 3.63) is 12.2 Å². The Balaban J connectivity index is 1.59. The minimum absolute atomic E-state index is 0.212. The molecule has 0 radical (unpaired) electrons. The van der Waals surface area contributed by atoms with Gasteiger partial charge < -0.3 is 14.4 Å². The van der Waals surface area contributed by atoms with Gasteiger partial charge in [-0.1, -0.05) is 12.2 Å². The fourth-order valence-corrected chi connectivity index (χ4v) is 4.22. The van der Waals surface area contributed by atoms with Crippen LogP contribution in [0.1, 0.15) is 32.1 Å². The van der Waals surface area contributed by atoms with Gasteiger partial charge in [-0.3, -0.25) is 4.79 Å². The van der Waals surface area contributed by atoms with Crippen LogP contribution in [0.5, 0.6) is 0 Å². The molecule has 2 fully saturated rings. The van der Waals surface area contributed by atoms with Gasteiger partial charge in [0.1, 0.15) is 0 Å². The lowest BCUT2D eigenvalue weighted by molar-refractivity contribution is -0.142. The summed E-state index contributed by atoms with van der Waals surface area (Å²) in [6, 6.07) is 0. The Kier molecular flexibility index (Phi) is 4.65. The number of ether oxygens (including phenoxy) is 2. The van der Waals surface area contributed by atoms with Gasteiger partial charge in [0.15, 0.2) is 0 Å². The van der Waals surface area contributed by atoms with Crippen LogP contribution in [0.2, 0.25) is 0 Å². The van der Waals surface area contributed by atoms with E-state index in [0.29, 0.717) is 17.2 Å². The lowest BCUT2D eigenvalue weighted by Gasteiger charge is -2.49. The predicted molar refractivity (Wildman–Crippen MR) is 80.9 cm³/mol. The third kappa shape index (κ3) is 3.02. The zero-order valence-corrected chi connectivity index (χ0v) is 13.1. The number of carbonyl (C=O) groups excluding carboxylic acids is 1. The van der Waals surface area contributed by atoms with E-state index >= 15 is 0 Å². The van der Waals surface area contributed by atoms with Gasteiger partial charge in [0.25, 0.3) is 0 Å². The average Bonchev–Trinajstić information content (AvgIpc) is 3.04. The van der Waals surface area contributed by atoms with Gasteiger partial charge in [0, 0.05) is 38.6 Å². The van der Waals surface area contributed by atoms with Gasteiger partial charge in [-0.2, -0.15) is 0 Å². The molecule has 2 heterocycles. The van der Waals surface area contributed by atoms with Crippen LogP contribution < -0.4 is 0 Å². The van der Waals surface area contributed by atoms with Crippen molar-refractivity contribution in [3.8, 4) is 0 Å². The summed E-state index contributed by atoms with van der Waals surface area (Å²) in [6.45, 7) is 4.28. The molecule has 1 aliphatic carbocycles. The second kappa shape index (κ2) is 6.49. The number of carbonyl (C=O) groups is 1. The van der Waals surface area contributed by atoms with Crippen molar-refractivity contribution in [2.45, 2.75) is 32.1 Å². The van der Waals surface area contributed by atoms with Crippen LogP contribution >= 0.6 is 0 Å². The molecule has 0 aromatic heterocycles. The zero-order chi connectivity index (χ0) is 14.7. The van der Waals surface area contributed by atoms with Crippen molar-refractivity contribution in [3.63, 3.8) is 0 Å². The Morgan fingerprint density at radius 1 is 1.29 bits per heavy atom. The molecule has 1 atom stereocenters. The summed E-state index contributed by atoms with van der Waals surface area (Å²) in [4.78, 5) is 14.6. The fraction of sp³-hybridized carbons (Fsp3) is 0.824. The number of rotatable bonds is 3. The summed E-state index contributed by atoms with van der Waals surface area (Å²) < 4.78 is 11.0. The van der Waals surface area contributed by atoms with Crippen LogP contribution in [-0.4, -0.2) is 50.8 Å². The topological polar surface area (TPSA) is 38.8 Å². The maximum absolute atomic E-state index is 12.5. The first kappa shape index (κ1) is 15.0. The number of hydrogen-bond donors (Lipinski definition) is 0. The highest BCUT2D eigenvalue weighted by Crippen LogP contribution is 2.45. The first-order valence-electron chi connectivity index (χ1n) is 8.26. The molecule has 21 heavy (non-hydrogen) atoms. The molecule has 1 amide bonds. The largest absolute Gasteiger partial charge is 0.384 e. The van der Waals surface area contributed by atoms with Gasteiger partial charge in [-0.25, -0.2) is 0 Å². The van der Waals surface area contributed by atoms with Crippen LogP contribution in [0.3, 0.4) is 0 Å². The Labute approximate surface area is 127 Å². The second-order valence-corrected chi connectivity index (χ2v) is 6.80. The number of methoxy groups -OCH3 is 1. The van der Waals surface area contributed by atoms with E-state index in [-0.39, 0.29) is 5.92 Å². The van der Waals surface area contributed by atoms with E-state index in [1.165, 1.54) is 0 Å². The number of likely N-dealkylation sites (tertiary alicyclic amines) is 1. The standard InChI is InChI=1S/C17H27NO3/c1-20-12-15-13-21-11-8-17(15)6-9-18(10-7-17)16(19)14-4-2-3-5-14/h2-3,14-15H,4-13H2,1H3/t15-/m1/s1. The Hall–Kier alpha value is -0.870. The molecule has 4 nitrogen and oxygen atoms in total. The summed E-state index contributed by atoms with van der Waals surface area (Å²) in [7, 11) is 1.77. The zero-order valence-electron chi connectivity index (χ0n) is 13.1. The van der Waals surface area contributed by atoms with E-state index in [0.717, 1.165) is 65.0 Å². The fourth-order valence-electron chi connectivity index (χ4n) is 4.22. The van der Waals surface area contributed by atoms with Crippen LogP contribution in [0.15, 0.2) is 12.2 Å². The quantitative estimate of drug-likeness (QED) is 0.749. The molecule has 4 heteroatoms. The minimum Gasteiger partial charge on any atom is -0.384 e. The van der Waals surface area contributed by atoms with E-state index in [1.54, 1.807) is 7.11 Å². The first-order valence-corrected chi connectivity index (χ1v) is 8.26. The molecular formula is C17H27NO3. The Morgan fingerprint density at radius 3 is 2.67 bits per heavy atom. The third-order valence-corrected chi connectivity index (χ3v) is 5.73. The molecule has 0 bridgehead atoms. The molecular weight excluding hydrogens is 266 g/mol. The van der Waals surface area contributed by atoms with Gasteiger partial charge in [0.05, 0.1) is 13.2 Å². The molecule has 0 aromatic carbocycles. The minimum atomic E-state index is 0.212. The van der Waals surface area contributed by atoms with Gasteiger partial charge >= 0.3 is 0 Å². The van der Waals surface area contributed by atoms with Gasteiger partial charge in [-0.05, 0) is 37.5 Å². The first-order chi connectivity index (χ1) is 10.2. The van der Waals surface area contributed by atoms with Crippen molar-refractivity contribution in [1.29, 1.82) is 0 Å². The van der Waals surface area contributed by atoms with E-state index in [9.17, 15) is 4.79 Å². The highest BCUT2D eigenvalue weighted by Gasteiger charge is 2.44. The van der Waals surface area contributed by atoms with Crippen molar-refractivity contribution in [2.75, 3.05) is 40.0 Å². The molecule has 1 spiro atoms. The maximum atomic E-state index is 12.5. The predicted octanol–water partition coefficient (Wildman–Crippen LogP) is 2.24. The summed E-state index contributed by atoms with van der Waals surface area (Å²) in [5.74, 6) is 1.07. The number of allylic oxidation sites excluding steroid dienone is 2. The van der Waals surface area contributed by atoms with Crippen LogP contribution in [0.4, 0.5) is 0 Å². The van der Waals surface area contributed by atoms with Crippen LogP contribution in [-0.2, 0) is 14.3 Å². The molecule has 0 unspecified atom stereocenters. The molecule has 0 aromatic rings. The lowest BCUT2D eigenvalue weighted by atomic mass is 9.66. The van der Waals surface area contributed by atoms with E-state index in [1.807, 2.05) is 0 Å². The van der Waals surface area contributed by atoms with Crippen molar-refractivity contribution in [1.82, 2.24) is 4.90 Å². The summed E-state index contributed by atoms with van der Waals surface area (Å²) in [5.41, 5.74) is 0.332. The number of amides is 1. The number of nitrogens with zero attached hydrogens (tertiary/aromatic N) is 1. The molecule has 3 rings (SSSR count). The highest BCUT2D eigenvalue weighted by molar-refractivity contribution is 5.79. The van der Waals surface area contributed by atoms with Gasteiger partial charge in [-0.15, -0.1) is 0 Å². The summed E-state index contributed by atoms with van der Waals surface area (Å²) >= 11 is 0. The Bertz CT molecular complexity index is 389. The Morgan fingerprint density at radius 2 is 2.00 bits per heavy atom. The molecule has 0 N–H and O–H groups in total. The molecule has 2 saturated heterocycles. The molecule has 118 valence electrons. The molecule has 0 saturated carbocycles. The average molecular weight is 293 g/mol.